The smallest absolute Gasteiger partial charge is 0.250 e. The minimum Gasteiger partial charge on any atom is -0.383 e. The summed E-state index contributed by atoms with van der Waals surface area (Å²) in [4.78, 5) is 24.2. The van der Waals surface area contributed by atoms with Gasteiger partial charge in [-0.1, -0.05) is 24.3 Å². The second-order valence-electron chi connectivity index (χ2n) is 6.57. The number of pyridine rings is 1. The molecule has 0 bridgehead atoms. The van der Waals surface area contributed by atoms with Gasteiger partial charge in [-0.25, -0.2) is 0 Å². The first kappa shape index (κ1) is 17.4. The molecule has 1 atom stereocenters. The second kappa shape index (κ2) is 8.12. The molecule has 0 fully saturated rings. The van der Waals surface area contributed by atoms with Gasteiger partial charge in [-0.15, -0.1) is 0 Å². The van der Waals surface area contributed by atoms with E-state index in [1.54, 1.807) is 23.9 Å². The summed E-state index contributed by atoms with van der Waals surface area (Å²) in [5.41, 5.74) is 3.32. The molecule has 2 aromatic rings. The number of benzene rings is 1. The van der Waals surface area contributed by atoms with Crippen molar-refractivity contribution in [3.05, 3.63) is 64.1 Å². The highest BCUT2D eigenvalue weighted by molar-refractivity contribution is 5.90. The molecule has 0 aliphatic heterocycles. The number of hydrogen-bond acceptors (Lipinski definition) is 3. The Morgan fingerprint density at radius 2 is 2.04 bits per heavy atom. The number of anilines is 1. The minimum atomic E-state index is -0.0982. The van der Waals surface area contributed by atoms with Crippen LogP contribution in [0.3, 0.4) is 0 Å². The molecule has 1 amide bonds. The standard InChI is InChI=1S/C20H24N2O3/c1-25-11-10-22-14-18(8-9-20(22)24)21-19(23)13-15-6-7-16-4-2-3-5-17(16)12-15/h2-5,8-9,14-15H,6-7,10-13H2,1H3,(H,21,23). The predicted octanol–water partition coefficient (Wildman–Crippen LogP) is 2.63. The zero-order valence-corrected chi connectivity index (χ0v) is 14.5. The van der Waals surface area contributed by atoms with E-state index >= 15 is 0 Å². The van der Waals surface area contributed by atoms with E-state index in [0.717, 1.165) is 19.3 Å². The van der Waals surface area contributed by atoms with E-state index in [1.165, 1.54) is 17.2 Å². The molecule has 3 rings (SSSR count). The third kappa shape index (κ3) is 4.57. The highest BCUT2D eigenvalue weighted by atomic mass is 16.5. The van der Waals surface area contributed by atoms with Crippen LogP contribution in [0.4, 0.5) is 5.69 Å². The quantitative estimate of drug-likeness (QED) is 0.879. The fraction of sp³-hybridized carbons (Fsp3) is 0.400. The number of aromatic nitrogens is 1. The van der Waals surface area contributed by atoms with Crippen molar-refractivity contribution in [3.63, 3.8) is 0 Å². The van der Waals surface area contributed by atoms with Gasteiger partial charge in [0.15, 0.2) is 0 Å². The molecule has 132 valence electrons. The summed E-state index contributed by atoms with van der Waals surface area (Å²) in [6, 6.07) is 11.6. The summed E-state index contributed by atoms with van der Waals surface area (Å²) in [5, 5.41) is 2.92. The number of rotatable bonds is 6. The van der Waals surface area contributed by atoms with Crippen molar-refractivity contribution in [2.75, 3.05) is 19.0 Å². The normalized spacial score (nSPS) is 16.3. The number of nitrogens with one attached hydrogen (secondary N) is 1. The molecule has 1 aliphatic carbocycles. The number of ether oxygens (including phenoxy) is 1. The van der Waals surface area contributed by atoms with Crippen molar-refractivity contribution in [2.45, 2.75) is 32.2 Å². The Hall–Kier alpha value is -2.40. The fourth-order valence-electron chi connectivity index (χ4n) is 3.39. The van der Waals surface area contributed by atoms with Crippen molar-refractivity contribution in [3.8, 4) is 0 Å². The van der Waals surface area contributed by atoms with Crippen LogP contribution in [0.5, 0.6) is 0 Å². The van der Waals surface area contributed by atoms with Crippen LogP contribution in [0.1, 0.15) is 24.0 Å². The van der Waals surface area contributed by atoms with Gasteiger partial charge in [0.1, 0.15) is 0 Å². The van der Waals surface area contributed by atoms with Gasteiger partial charge in [-0.05, 0) is 42.4 Å². The molecule has 0 spiro atoms. The Kier molecular flexibility index (Phi) is 5.66. The van der Waals surface area contributed by atoms with Gasteiger partial charge in [0.25, 0.3) is 5.56 Å². The van der Waals surface area contributed by atoms with E-state index in [1.807, 2.05) is 0 Å². The first-order valence-electron chi connectivity index (χ1n) is 8.72. The third-order valence-corrected chi connectivity index (χ3v) is 4.73. The van der Waals surface area contributed by atoms with Gasteiger partial charge in [0.2, 0.25) is 5.91 Å². The fourth-order valence-corrected chi connectivity index (χ4v) is 3.39. The van der Waals surface area contributed by atoms with Gasteiger partial charge in [0.05, 0.1) is 12.3 Å². The molecule has 1 heterocycles. The molecule has 5 nitrogen and oxygen atoms in total. The number of carbonyl (C=O) groups is 1. The molecule has 0 saturated heterocycles. The number of amides is 1. The summed E-state index contributed by atoms with van der Waals surface area (Å²) in [5.74, 6) is 0.371. The van der Waals surface area contributed by atoms with E-state index in [2.05, 4.69) is 29.6 Å². The lowest BCUT2D eigenvalue weighted by Crippen LogP contribution is -2.24. The summed E-state index contributed by atoms with van der Waals surface area (Å²) in [6.07, 6.45) is 5.21. The van der Waals surface area contributed by atoms with Gasteiger partial charge in [-0.3, -0.25) is 9.59 Å². The lowest BCUT2D eigenvalue weighted by molar-refractivity contribution is -0.117. The first-order valence-corrected chi connectivity index (χ1v) is 8.72. The van der Waals surface area contributed by atoms with Crippen LogP contribution in [0.2, 0.25) is 0 Å². The molecule has 5 heteroatoms. The maximum absolute atomic E-state index is 12.4. The van der Waals surface area contributed by atoms with Crippen molar-refractivity contribution >= 4 is 11.6 Å². The Morgan fingerprint density at radius 1 is 1.24 bits per heavy atom. The molecule has 0 radical (unpaired) electrons. The molecule has 0 saturated carbocycles. The first-order chi connectivity index (χ1) is 12.2. The SMILES string of the molecule is COCCn1cc(NC(=O)CC2CCc3ccccc3C2)ccc1=O. The van der Waals surface area contributed by atoms with Crippen LogP contribution >= 0.6 is 0 Å². The summed E-state index contributed by atoms with van der Waals surface area (Å²) >= 11 is 0. The van der Waals surface area contributed by atoms with Crippen LogP contribution in [-0.2, 0) is 28.9 Å². The Morgan fingerprint density at radius 3 is 2.84 bits per heavy atom. The average Bonchev–Trinajstić information content (AvgIpc) is 2.62. The molecule has 25 heavy (non-hydrogen) atoms. The average molecular weight is 340 g/mol. The number of methoxy groups -OCH3 is 1. The highest BCUT2D eigenvalue weighted by Gasteiger charge is 2.20. The Balaban J connectivity index is 1.59. The third-order valence-electron chi connectivity index (χ3n) is 4.73. The van der Waals surface area contributed by atoms with E-state index in [4.69, 9.17) is 4.74 Å². The summed E-state index contributed by atoms with van der Waals surface area (Å²) < 4.78 is 6.56. The van der Waals surface area contributed by atoms with E-state index in [0.29, 0.717) is 31.2 Å². The van der Waals surface area contributed by atoms with E-state index in [9.17, 15) is 9.59 Å². The number of fused-ring (bicyclic) bond motifs is 1. The molecule has 1 unspecified atom stereocenters. The lowest BCUT2D eigenvalue weighted by atomic mass is 9.82. The van der Waals surface area contributed by atoms with Gasteiger partial charge in [0, 0.05) is 32.3 Å². The number of nitrogens with zero attached hydrogens (tertiary/aromatic N) is 1. The molecule has 1 aromatic carbocycles. The van der Waals surface area contributed by atoms with Crippen molar-refractivity contribution < 1.29 is 9.53 Å². The van der Waals surface area contributed by atoms with Crippen LogP contribution in [0.15, 0.2) is 47.4 Å². The maximum Gasteiger partial charge on any atom is 0.250 e. The monoisotopic (exact) mass is 340 g/mol. The van der Waals surface area contributed by atoms with E-state index in [-0.39, 0.29) is 11.5 Å². The van der Waals surface area contributed by atoms with Crippen LogP contribution < -0.4 is 10.9 Å². The number of carbonyl (C=O) groups excluding carboxylic acids is 1. The molecule has 1 aromatic heterocycles. The molecular formula is C20H24N2O3. The summed E-state index contributed by atoms with van der Waals surface area (Å²) in [7, 11) is 1.60. The lowest BCUT2D eigenvalue weighted by Gasteiger charge is -2.24. The topological polar surface area (TPSA) is 60.3 Å². The molecule has 1 N–H and O–H groups in total. The molecule has 1 aliphatic rings. The van der Waals surface area contributed by atoms with Crippen LogP contribution in [0.25, 0.3) is 0 Å². The van der Waals surface area contributed by atoms with Crippen molar-refractivity contribution in [1.82, 2.24) is 4.57 Å². The van der Waals surface area contributed by atoms with Crippen LogP contribution in [-0.4, -0.2) is 24.2 Å². The van der Waals surface area contributed by atoms with Crippen molar-refractivity contribution in [1.29, 1.82) is 0 Å². The highest BCUT2D eigenvalue weighted by Crippen LogP contribution is 2.27. The Bertz CT molecular complexity index is 798. The summed E-state index contributed by atoms with van der Waals surface area (Å²) in [6.45, 7) is 0.928. The zero-order chi connectivity index (χ0) is 17.6. The predicted molar refractivity (Wildman–Crippen MR) is 97.8 cm³/mol. The maximum atomic E-state index is 12.4. The molecular weight excluding hydrogens is 316 g/mol. The van der Waals surface area contributed by atoms with Crippen LogP contribution in [0, 0.1) is 5.92 Å². The second-order valence-corrected chi connectivity index (χ2v) is 6.57. The Labute approximate surface area is 147 Å². The largest absolute Gasteiger partial charge is 0.383 e. The minimum absolute atomic E-state index is 0.00122. The van der Waals surface area contributed by atoms with E-state index < -0.39 is 0 Å². The van der Waals surface area contributed by atoms with Gasteiger partial charge in [-0.2, -0.15) is 0 Å². The zero-order valence-electron chi connectivity index (χ0n) is 14.5. The van der Waals surface area contributed by atoms with Gasteiger partial charge < -0.3 is 14.6 Å². The van der Waals surface area contributed by atoms with Gasteiger partial charge >= 0.3 is 0 Å². The number of aryl methyl sites for hydroxylation is 1. The number of hydrogen-bond donors (Lipinski definition) is 1. The van der Waals surface area contributed by atoms with Crippen molar-refractivity contribution in [2.24, 2.45) is 5.92 Å².